The summed E-state index contributed by atoms with van der Waals surface area (Å²) in [6, 6.07) is 19.5. The van der Waals surface area contributed by atoms with Crippen molar-refractivity contribution >= 4 is 22.2 Å². The lowest BCUT2D eigenvalue weighted by molar-refractivity contribution is 0.303. The van der Waals surface area contributed by atoms with Crippen LogP contribution in [0.5, 0.6) is 5.75 Å². The van der Waals surface area contributed by atoms with Gasteiger partial charge in [-0.15, -0.1) is 0 Å². The van der Waals surface area contributed by atoms with Gasteiger partial charge in [0.1, 0.15) is 12.4 Å². The number of hydrogen-bond donors (Lipinski definition) is 1. The highest BCUT2D eigenvalue weighted by atomic mass is 32.2. The van der Waals surface area contributed by atoms with Crippen LogP contribution in [0.2, 0.25) is 0 Å². The summed E-state index contributed by atoms with van der Waals surface area (Å²) in [6.07, 6.45) is 1.69. The van der Waals surface area contributed by atoms with Crippen LogP contribution in [0.1, 0.15) is 16.8 Å². The number of nitrogens with one attached hydrogen (secondary N) is 1. The molecule has 1 atom stereocenters. The van der Waals surface area contributed by atoms with Gasteiger partial charge in [0.25, 0.3) is 0 Å². The van der Waals surface area contributed by atoms with Crippen molar-refractivity contribution in [3.63, 3.8) is 0 Å². The maximum atomic E-state index is 12.8. The maximum Gasteiger partial charge on any atom is 0.322 e. The number of pyridine rings is 1. The fourth-order valence-electron chi connectivity index (χ4n) is 2.83. The SMILES string of the molecule is Cc1c(OCc2ccccc2)ccnc1C[S+]([O-])c1nc2ccccc2[nH]1. The zero-order valence-electron chi connectivity index (χ0n) is 14.9. The smallest absolute Gasteiger partial charge is 0.322 e. The number of fused-ring (bicyclic) bond motifs is 1. The molecule has 0 aliphatic rings. The molecule has 0 amide bonds. The summed E-state index contributed by atoms with van der Waals surface area (Å²) in [5.41, 5.74) is 4.44. The number of aromatic nitrogens is 3. The highest BCUT2D eigenvalue weighted by Crippen LogP contribution is 2.24. The molecule has 4 rings (SSSR count). The van der Waals surface area contributed by atoms with Gasteiger partial charge in [0.15, 0.2) is 5.75 Å². The molecule has 27 heavy (non-hydrogen) atoms. The van der Waals surface area contributed by atoms with E-state index in [-0.39, 0.29) is 5.75 Å². The van der Waals surface area contributed by atoms with Crippen LogP contribution in [0.25, 0.3) is 11.0 Å². The molecule has 0 aliphatic carbocycles. The van der Waals surface area contributed by atoms with Crippen molar-refractivity contribution < 1.29 is 9.29 Å². The molecule has 2 heterocycles. The van der Waals surface area contributed by atoms with E-state index in [4.69, 9.17) is 4.74 Å². The molecule has 136 valence electrons. The van der Waals surface area contributed by atoms with Crippen molar-refractivity contribution in [3.05, 3.63) is 83.7 Å². The minimum Gasteiger partial charge on any atom is -0.609 e. The van der Waals surface area contributed by atoms with E-state index in [0.717, 1.165) is 33.6 Å². The second-order valence-electron chi connectivity index (χ2n) is 6.20. The molecule has 1 unspecified atom stereocenters. The van der Waals surface area contributed by atoms with Crippen LogP contribution in [0, 0.1) is 6.92 Å². The van der Waals surface area contributed by atoms with Gasteiger partial charge in [-0.05, 0) is 30.7 Å². The van der Waals surface area contributed by atoms with Crippen LogP contribution < -0.4 is 4.74 Å². The maximum absolute atomic E-state index is 12.8. The molecular weight excluding hydrogens is 358 g/mol. The highest BCUT2D eigenvalue weighted by molar-refractivity contribution is 7.90. The Morgan fingerprint density at radius 3 is 2.63 bits per heavy atom. The predicted molar refractivity (Wildman–Crippen MR) is 106 cm³/mol. The van der Waals surface area contributed by atoms with Crippen LogP contribution in [0.15, 0.2) is 72.0 Å². The fourth-order valence-corrected chi connectivity index (χ4v) is 3.93. The summed E-state index contributed by atoms with van der Waals surface area (Å²) in [6.45, 7) is 2.43. The van der Waals surface area contributed by atoms with E-state index in [1.165, 1.54) is 0 Å². The standard InChI is InChI=1S/C21H19N3O2S/c1-15-19(14-27(25)21-23-17-9-5-6-10-18(17)24-21)22-12-11-20(15)26-13-16-7-3-2-4-8-16/h2-12H,13-14H2,1H3,(H,23,24). The molecule has 4 aromatic rings. The Morgan fingerprint density at radius 1 is 1.04 bits per heavy atom. The molecule has 0 spiro atoms. The first-order valence-corrected chi connectivity index (χ1v) is 9.97. The molecular formula is C21H19N3O2S. The largest absolute Gasteiger partial charge is 0.609 e. The van der Waals surface area contributed by atoms with Crippen molar-refractivity contribution in [1.82, 2.24) is 15.0 Å². The van der Waals surface area contributed by atoms with Crippen molar-refractivity contribution in [1.29, 1.82) is 0 Å². The Labute approximate surface area is 160 Å². The Hall–Kier alpha value is -2.83. The van der Waals surface area contributed by atoms with Gasteiger partial charge in [0.05, 0.1) is 16.7 Å². The van der Waals surface area contributed by atoms with Crippen LogP contribution in [0.3, 0.4) is 0 Å². The first kappa shape index (κ1) is 17.6. The van der Waals surface area contributed by atoms with E-state index < -0.39 is 11.2 Å². The second-order valence-corrected chi connectivity index (χ2v) is 7.57. The van der Waals surface area contributed by atoms with E-state index in [9.17, 15) is 4.55 Å². The molecule has 0 fully saturated rings. The lowest BCUT2D eigenvalue weighted by Crippen LogP contribution is -2.10. The summed E-state index contributed by atoms with van der Waals surface area (Å²) in [4.78, 5) is 11.9. The van der Waals surface area contributed by atoms with E-state index in [0.29, 0.717) is 11.8 Å². The van der Waals surface area contributed by atoms with Crippen molar-refractivity contribution in [2.45, 2.75) is 24.4 Å². The summed E-state index contributed by atoms with van der Waals surface area (Å²) in [7, 11) is 0. The highest BCUT2D eigenvalue weighted by Gasteiger charge is 2.20. The van der Waals surface area contributed by atoms with Gasteiger partial charge in [-0.3, -0.25) is 9.97 Å². The van der Waals surface area contributed by atoms with Gasteiger partial charge in [0, 0.05) is 22.9 Å². The lowest BCUT2D eigenvalue weighted by Gasteiger charge is -2.13. The quantitative estimate of drug-likeness (QED) is 0.512. The van der Waals surface area contributed by atoms with Gasteiger partial charge >= 0.3 is 5.16 Å². The van der Waals surface area contributed by atoms with E-state index in [1.807, 2.05) is 67.6 Å². The average molecular weight is 377 g/mol. The zero-order valence-corrected chi connectivity index (χ0v) is 15.7. The summed E-state index contributed by atoms with van der Waals surface area (Å²) >= 11 is -1.31. The number of ether oxygens (including phenoxy) is 1. The topological polar surface area (TPSA) is 73.9 Å². The Balaban J connectivity index is 1.50. The minimum absolute atomic E-state index is 0.286. The van der Waals surface area contributed by atoms with Crippen LogP contribution in [-0.4, -0.2) is 19.5 Å². The monoisotopic (exact) mass is 377 g/mol. The Morgan fingerprint density at radius 2 is 1.81 bits per heavy atom. The van der Waals surface area contributed by atoms with Crippen LogP contribution >= 0.6 is 0 Å². The van der Waals surface area contributed by atoms with Gasteiger partial charge in [-0.2, -0.15) is 4.98 Å². The Bertz CT molecular complexity index is 1020. The fraction of sp³-hybridized carbons (Fsp3) is 0.143. The summed E-state index contributed by atoms with van der Waals surface area (Å²) in [5, 5.41) is 0.466. The van der Waals surface area contributed by atoms with Crippen molar-refractivity contribution in [3.8, 4) is 5.75 Å². The number of hydrogen-bond acceptors (Lipinski definition) is 4. The third kappa shape index (κ3) is 3.97. The van der Waals surface area contributed by atoms with Gasteiger partial charge in [0.2, 0.25) is 0 Å². The normalized spacial score (nSPS) is 12.2. The second kappa shape index (κ2) is 7.82. The molecule has 5 nitrogen and oxygen atoms in total. The molecule has 2 aromatic carbocycles. The number of benzene rings is 2. The van der Waals surface area contributed by atoms with Crippen molar-refractivity contribution in [2.24, 2.45) is 0 Å². The molecule has 0 aliphatic heterocycles. The number of rotatable bonds is 6. The van der Waals surface area contributed by atoms with Gasteiger partial charge in [-0.25, -0.2) is 0 Å². The Kier molecular flexibility index (Phi) is 5.09. The average Bonchev–Trinajstić information content (AvgIpc) is 3.14. The van der Waals surface area contributed by atoms with Crippen LogP contribution in [0.4, 0.5) is 0 Å². The van der Waals surface area contributed by atoms with Crippen LogP contribution in [-0.2, 0) is 23.5 Å². The third-order valence-electron chi connectivity index (χ3n) is 4.35. The molecule has 0 radical (unpaired) electrons. The molecule has 6 heteroatoms. The zero-order chi connectivity index (χ0) is 18.6. The summed E-state index contributed by atoms with van der Waals surface area (Å²) < 4.78 is 18.7. The van der Waals surface area contributed by atoms with Gasteiger partial charge < -0.3 is 9.29 Å². The number of para-hydroxylation sites is 2. The molecule has 0 saturated carbocycles. The minimum atomic E-state index is -1.31. The number of aromatic amines is 1. The molecule has 0 bridgehead atoms. The molecule has 1 N–H and O–H groups in total. The number of imidazole rings is 1. The lowest BCUT2D eigenvalue weighted by atomic mass is 10.2. The first-order chi connectivity index (χ1) is 13.2. The van der Waals surface area contributed by atoms with E-state index in [1.54, 1.807) is 6.20 Å². The van der Waals surface area contributed by atoms with Gasteiger partial charge in [-0.1, -0.05) is 42.5 Å². The predicted octanol–water partition coefficient (Wildman–Crippen LogP) is 4.15. The number of H-pyrrole nitrogens is 1. The number of nitrogens with zero attached hydrogens (tertiary/aromatic N) is 2. The first-order valence-electron chi connectivity index (χ1n) is 8.65. The van der Waals surface area contributed by atoms with Crippen molar-refractivity contribution in [2.75, 3.05) is 0 Å². The van der Waals surface area contributed by atoms with E-state index >= 15 is 0 Å². The summed E-state index contributed by atoms with van der Waals surface area (Å²) in [5.74, 6) is 1.04. The molecule has 0 saturated heterocycles. The molecule has 2 aromatic heterocycles. The third-order valence-corrected chi connectivity index (χ3v) is 5.51. The van der Waals surface area contributed by atoms with E-state index in [2.05, 4.69) is 15.0 Å².